The van der Waals surface area contributed by atoms with Gasteiger partial charge in [-0.25, -0.2) is 13.2 Å². The molecule has 1 fully saturated rings. The van der Waals surface area contributed by atoms with Crippen molar-refractivity contribution in [3.8, 4) is 0 Å². The summed E-state index contributed by atoms with van der Waals surface area (Å²) >= 11 is 0. The molecule has 0 unspecified atom stereocenters. The molecule has 3 N–H and O–H groups in total. The maximum atomic E-state index is 12.5. The van der Waals surface area contributed by atoms with Crippen LogP contribution in [0.1, 0.15) is 13.8 Å². The summed E-state index contributed by atoms with van der Waals surface area (Å²) in [5.74, 6) is -2.93. The second-order valence-electron chi connectivity index (χ2n) is 7.68. The zero-order chi connectivity index (χ0) is 20.3. The van der Waals surface area contributed by atoms with Crippen molar-refractivity contribution in [2.75, 3.05) is 44.4 Å². The molecule has 0 aromatic rings. The Bertz CT molecular complexity index is 759. The fourth-order valence-electron chi connectivity index (χ4n) is 3.36. The first-order valence-corrected chi connectivity index (χ1v) is 11.5. The van der Waals surface area contributed by atoms with E-state index < -0.39 is 43.6 Å². The Labute approximate surface area is 154 Å². The monoisotopic (exact) mass is 414 g/mol. The normalized spacial score (nSPS) is 25.0. The minimum atomic E-state index is -4.19. The second kappa shape index (κ2) is 8.19. The van der Waals surface area contributed by atoms with Crippen LogP contribution in [0.5, 0.6) is 0 Å². The molecule has 0 amide bonds. The summed E-state index contributed by atoms with van der Waals surface area (Å²) in [4.78, 5) is 10.7. The number of carboxylic acids is 1. The highest BCUT2D eigenvalue weighted by Crippen LogP contribution is 2.29. The topological polar surface area (TPSA) is 150 Å². The van der Waals surface area contributed by atoms with E-state index in [0.717, 1.165) is 0 Å². The molecule has 0 spiro atoms. The Morgan fingerprint density at radius 1 is 1.19 bits per heavy atom. The largest absolute Gasteiger partial charge is 0.477 e. The van der Waals surface area contributed by atoms with E-state index in [1.807, 2.05) is 14.1 Å². The fraction of sp³-hybridized carbons (Fsp3) is 0.857. The van der Waals surface area contributed by atoms with Gasteiger partial charge in [-0.2, -0.15) is 13.5 Å². The number of hydrazone groups is 1. The summed E-state index contributed by atoms with van der Waals surface area (Å²) in [6.45, 7) is 3.82. The molecule has 3 atom stereocenters. The predicted octanol–water partition coefficient (Wildman–Crippen LogP) is -0.950. The van der Waals surface area contributed by atoms with Crippen molar-refractivity contribution in [2.45, 2.75) is 19.9 Å². The van der Waals surface area contributed by atoms with Crippen molar-refractivity contribution >= 4 is 31.6 Å². The van der Waals surface area contributed by atoms with Crippen molar-refractivity contribution in [1.29, 1.82) is 0 Å². The molecule has 0 aromatic heterocycles. The molecule has 1 heterocycles. The summed E-state index contributed by atoms with van der Waals surface area (Å²) < 4.78 is 57.0. The summed E-state index contributed by atoms with van der Waals surface area (Å²) in [7, 11) is -3.95. The summed E-state index contributed by atoms with van der Waals surface area (Å²) in [6, 6.07) is -0.599. The van der Waals surface area contributed by atoms with E-state index in [-0.39, 0.29) is 23.1 Å². The van der Waals surface area contributed by atoms with Crippen LogP contribution in [0.4, 0.5) is 0 Å². The van der Waals surface area contributed by atoms with Crippen LogP contribution in [0, 0.1) is 11.8 Å². The first-order valence-electron chi connectivity index (χ1n) is 8.11. The van der Waals surface area contributed by atoms with E-state index >= 15 is 0 Å². The van der Waals surface area contributed by atoms with Crippen molar-refractivity contribution in [3.63, 3.8) is 0 Å². The molecule has 0 radical (unpaired) electrons. The van der Waals surface area contributed by atoms with E-state index in [4.69, 9.17) is 9.66 Å². The summed E-state index contributed by atoms with van der Waals surface area (Å²) in [5.41, 5.74) is 2.32. The number of nitrogens with one attached hydrogen (secondary N) is 1. The Morgan fingerprint density at radius 2 is 1.69 bits per heavy atom. The zero-order valence-electron chi connectivity index (χ0n) is 15.4. The molecule has 0 saturated carbocycles. The van der Waals surface area contributed by atoms with Crippen molar-refractivity contribution in [2.24, 2.45) is 16.9 Å². The average molecular weight is 415 g/mol. The van der Waals surface area contributed by atoms with Gasteiger partial charge >= 0.3 is 5.97 Å². The van der Waals surface area contributed by atoms with Gasteiger partial charge in [-0.3, -0.25) is 4.55 Å². The smallest absolute Gasteiger partial charge is 0.351 e. The Hall–Kier alpha value is -1.24. The molecule has 0 bridgehead atoms. The number of carboxylic acid groups (broad SMARTS) is 1. The minimum Gasteiger partial charge on any atom is -0.477 e. The molecule has 0 aromatic carbocycles. The standard InChI is InChI=1S/C14H27N3O7S2/c1-10(15-16-11(2)14(18)19)7-25(20,21)8-12-5-17(3,4)6-13(12)9-26(22,23)24/h10,12-13,15H,5-9H2,1-4H3,(H-,18,19,22,23,24)/p+1/b16-11-/t10-,12-,13-/m1/s1. The van der Waals surface area contributed by atoms with Crippen molar-refractivity contribution in [3.05, 3.63) is 0 Å². The number of likely N-dealkylation sites (tertiary alicyclic amines) is 1. The van der Waals surface area contributed by atoms with Crippen LogP contribution < -0.4 is 5.43 Å². The lowest BCUT2D eigenvalue weighted by Crippen LogP contribution is -2.38. The molecule has 1 rings (SSSR count). The predicted molar refractivity (Wildman–Crippen MR) is 97.2 cm³/mol. The number of rotatable bonds is 9. The quantitative estimate of drug-likeness (QED) is 0.189. The molecule has 1 saturated heterocycles. The third-order valence-electron chi connectivity index (χ3n) is 4.28. The lowest BCUT2D eigenvalue weighted by atomic mass is 10.0. The van der Waals surface area contributed by atoms with Crippen LogP contribution in [0.2, 0.25) is 0 Å². The Morgan fingerprint density at radius 3 is 2.15 bits per heavy atom. The van der Waals surface area contributed by atoms with Crippen LogP contribution in [-0.4, -0.2) is 93.1 Å². The average Bonchev–Trinajstić information content (AvgIpc) is 2.66. The first kappa shape index (κ1) is 22.8. The van der Waals surface area contributed by atoms with Crippen LogP contribution in [0.3, 0.4) is 0 Å². The molecule has 1 aliphatic rings. The van der Waals surface area contributed by atoms with E-state index in [9.17, 15) is 21.6 Å². The van der Waals surface area contributed by atoms with Crippen LogP contribution >= 0.6 is 0 Å². The Balaban J connectivity index is 2.77. The third kappa shape index (κ3) is 7.98. The van der Waals surface area contributed by atoms with Crippen LogP contribution in [0.25, 0.3) is 0 Å². The molecular weight excluding hydrogens is 386 g/mol. The zero-order valence-corrected chi connectivity index (χ0v) is 17.0. The number of nitrogens with zero attached hydrogens (tertiary/aromatic N) is 2. The van der Waals surface area contributed by atoms with E-state index in [0.29, 0.717) is 17.6 Å². The van der Waals surface area contributed by atoms with Gasteiger partial charge in [-0.05, 0) is 13.8 Å². The number of hydrogen-bond acceptors (Lipinski definition) is 7. The van der Waals surface area contributed by atoms with E-state index in [2.05, 4.69) is 10.5 Å². The van der Waals surface area contributed by atoms with Crippen LogP contribution in [0.15, 0.2) is 5.10 Å². The molecule has 1 aliphatic heterocycles. The lowest BCUT2D eigenvalue weighted by molar-refractivity contribution is -0.880. The SMILES string of the molecule is C/C(=N/N[C@H](C)CS(=O)(=O)C[C@H]1C[N+](C)(C)C[C@@H]1CS(=O)(=O)O)C(=O)O. The lowest BCUT2D eigenvalue weighted by Gasteiger charge is -2.23. The molecule has 152 valence electrons. The maximum Gasteiger partial charge on any atom is 0.351 e. The van der Waals surface area contributed by atoms with Gasteiger partial charge in [-0.1, -0.05) is 0 Å². The second-order valence-corrected chi connectivity index (χ2v) is 11.3. The van der Waals surface area contributed by atoms with E-state index in [1.54, 1.807) is 6.92 Å². The minimum absolute atomic E-state index is 0.183. The number of sulfone groups is 1. The summed E-state index contributed by atoms with van der Waals surface area (Å²) in [6.07, 6.45) is 0. The number of carbonyl (C=O) groups is 1. The van der Waals surface area contributed by atoms with Gasteiger partial charge in [0.05, 0.1) is 50.5 Å². The van der Waals surface area contributed by atoms with Gasteiger partial charge < -0.3 is 15.0 Å². The number of hydrogen-bond donors (Lipinski definition) is 3. The van der Waals surface area contributed by atoms with E-state index in [1.165, 1.54) is 6.92 Å². The van der Waals surface area contributed by atoms with Gasteiger partial charge in [0, 0.05) is 11.8 Å². The van der Waals surface area contributed by atoms with Crippen molar-refractivity contribution < 1.29 is 35.8 Å². The molecule has 0 aliphatic carbocycles. The first-order chi connectivity index (χ1) is 11.6. The molecule has 12 heteroatoms. The van der Waals surface area contributed by atoms with Gasteiger partial charge in [0.2, 0.25) is 0 Å². The maximum absolute atomic E-state index is 12.5. The molecular formula is C14H28N3O7S2+. The van der Waals surface area contributed by atoms with Crippen LogP contribution in [-0.2, 0) is 24.7 Å². The third-order valence-corrected chi connectivity index (χ3v) is 7.08. The number of aliphatic carboxylic acids is 1. The summed E-state index contributed by atoms with van der Waals surface area (Å²) in [5, 5.41) is 12.3. The highest BCUT2D eigenvalue weighted by molar-refractivity contribution is 7.91. The Kier molecular flexibility index (Phi) is 7.18. The van der Waals surface area contributed by atoms with Gasteiger partial charge in [0.1, 0.15) is 5.71 Å². The van der Waals surface area contributed by atoms with Crippen molar-refractivity contribution in [1.82, 2.24) is 5.43 Å². The number of quaternary nitrogens is 1. The van der Waals surface area contributed by atoms with Gasteiger partial charge in [-0.15, -0.1) is 0 Å². The highest BCUT2D eigenvalue weighted by atomic mass is 32.2. The van der Waals surface area contributed by atoms with Gasteiger partial charge in [0.15, 0.2) is 9.84 Å². The highest BCUT2D eigenvalue weighted by Gasteiger charge is 2.44. The molecule has 26 heavy (non-hydrogen) atoms. The fourth-order valence-corrected chi connectivity index (χ4v) is 6.28. The molecule has 10 nitrogen and oxygen atoms in total. The van der Waals surface area contributed by atoms with Gasteiger partial charge in [0.25, 0.3) is 10.1 Å².